The maximum Gasteiger partial charge on any atom is 0.263 e. The minimum Gasteiger partial charge on any atom is -0.476 e. The Balaban J connectivity index is 1.83. The number of benzene rings is 2. The van der Waals surface area contributed by atoms with Gasteiger partial charge in [-0.3, -0.25) is 9.10 Å². The molecule has 0 aromatic heterocycles. The van der Waals surface area contributed by atoms with Gasteiger partial charge in [-0.25, -0.2) is 8.42 Å². The van der Waals surface area contributed by atoms with Gasteiger partial charge in [-0.05, 0) is 30.0 Å². The second-order valence-corrected chi connectivity index (χ2v) is 9.38. The largest absolute Gasteiger partial charge is 0.476 e. The van der Waals surface area contributed by atoms with Crippen molar-refractivity contribution in [2.45, 2.75) is 32.4 Å². The van der Waals surface area contributed by atoms with E-state index in [2.05, 4.69) is 19.2 Å². The molecule has 1 heterocycles. The molecule has 0 saturated carbocycles. The molecule has 0 fully saturated rings. The molecular weight excluding hydrogens is 376 g/mol. The molecule has 1 aliphatic heterocycles. The fraction of sp³-hybridized carbons (Fsp3) is 0.381. The van der Waals surface area contributed by atoms with Crippen LogP contribution in [0.1, 0.15) is 31.9 Å². The highest BCUT2D eigenvalue weighted by atomic mass is 32.2. The van der Waals surface area contributed by atoms with E-state index in [4.69, 9.17) is 4.74 Å². The number of hydrogen-bond donors (Lipinski definition) is 1. The van der Waals surface area contributed by atoms with Crippen molar-refractivity contribution in [3.05, 3.63) is 60.2 Å². The van der Waals surface area contributed by atoms with Crippen molar-refractivity contribution in [1.29, 1.82) is 0 Å². The lowest BCUT2D eigenvalue weighted by Crippen LogP contribution is -2.51. The SMILES string of the molecule is CC(C)C[C@@H](NC(=O)[C@H]1CN(S(C)(=O)=O)c2ccccc2O1)c1ccccc1. The molecule has 1 amide bonds. The Hall–Kier alpha value is -2.54. The van der Waals surface area contributed by atoms with Crippen LogP contribution in [0.15, 0.2) is 54.6 Å². The van der Waals surface area contributed by atoms with Crippen LogP contribution in [-0.4, -0.2) is 33.2 Å². The van der Waals surface area contributed by atoms with Crippen molar-refractivity contribution in [1.82, 2.24) is 5.32 Å². The van der Waals surface area contributed by atoms with E-state index in [0.717, 1.165) is 18.2 Å². The van der Waals surface area contributed by atoms with Crippen LogP contribution in [0.2, 0.25) is 0 Å². The average Bonchev–Trinajstić information content (AvgIpc) is 2.66. The van der Waals surface area contributed by atoms with Crippen LogP contribution in [-0.2, 0) is 14.8 Å². The monoisotopic (exact) mass is 402 g/mol. The van der Waals surface area contributed by atoms with Gasteiger partial charge in [-0.1, -0.05) is 56.3 Å². The van der Waals surface area contributed by atoms with E-state index < -0.39 is 16.1 Å². The van der Waals surface area contributed by atoms with Crippen LogP contribution in [0.25, 0.3) is 0 Å². The van der Waals surface area contributed by atoms with Gasteiger partial charge in [0.15, 0.2) is 6.10 Å². The summed E-state index contributed by atoms with van der Waals surface area (Å²) in [7, 11) is -3.53. The molecule has 2 aromatic rings. The molecular formula is C21H26N2O4S. The van der Waals surface area contributed by atoms with Crippen molar-refractivity contribution >= 4 is 21.6 Å². The number of para-hydroxylation sites is 2. The minimum absolute atomic E-state index is 0.0507. The number of nitrogens with one attached hydrogen (secondary N) is 1. The highest BCUT2D eigenvalue weighted by Crippen LogP contribution is 2.34. The van der Waals surface area contributed by atoms with Gasteiger partial charge in [0.25, 0.3) is 5.91 Å². The highest BCUT2D eigenvalue weighted by Gasteiger charge is 2.35. The van der Waals surface area contributed by atoms with Gasteiger partial charge in [0.2, 0.25) is 10.0 Å². The van der Waals surface area contributed by atoms with Gasteiger partial charge >= 0.3 is 0 Å². The van der Waals surface area contributed by atoms with Crippen LogP contribution in [0, 0.1) is 5.92 Å². The standard InChI is InChI=1S/C21H26N2O4S/c1-15(2)13-17(16-9-5-4-6-10-16)22-21(24)20-14-23(28(3,25)26)18-11-7-8-12-19(18)27-20/h4-12,15,17,20H,13-14H2,1-3H3,(H,22,24)/t17-,20-/m1/s1. The third kappa shape index (κ3) is 4.65. The number of anilines is 1. The molecule has 6 nitrogen and oxygen atoms in total. The molecule has 0 spiro atoms. The molecule has 3 rings (SSSR count). The van der Waals surface area contributed by atoms with Gasteiger partial charge in [0.05, 0.1) is 24.5 Å². The number of fused-ring (bicyclic) bond motifs is 1. The van der Waals surface area contributed by atoms with E-state index in [0.29, 0.717) is 17.4 Å². The van der Waals surface area contributed by atoms with Crippen LogP contribution >= 0.6 is 0 Å². The Morgan fingerprint density at radius 2 is 1.79 bits per heavy atom. The molecule has 0 bridgehead atoms. The lowest BCUT2D eigenvalue weighted by Gasteiger charge is -2.34. The first kappa shape index (κ1) is 20.2. The first-order valence-corrected chi connectivity index (χ1v) is 11.2. The molecule has 7 heteroatoms. The molecule has 28 heavy (non-hydrogen) atoms. The van der Waals surface area contributed by atoms with Gasteiger partial charge < -0.3 is 10.1 Å². The zero-order chi connectivity index (χ0) is 20.3. The van der Waals surface area contributed by atoms with Crippen molar-refractivity contribution in [3.63, 3.8) is 0 Å². The summed E-state index contributed by atoms with van der Waals surface area (Å²) in [6, 6.07) is 16.5. The van der Waals surface area contributed by atoms with E-state index in [-0.39, 0.29) is 18.5 Å². The molecule has 0 radical (unpaired) electrons. The fourth-order valence-corrected chi connectivity index (χ4v) is 4.27. The molecule has 1 N–H and O–H groups in total. The predicted octanol–water partition coefficient (Wildman–Crippen LogP) is 3.12. The van der Waals surface area contributed by atoms with Crippen molar-refractivity contribution in [3.8, 4) is 5.75 Å². The van der Waals surface area contributed by atoms with E-state index >= 15 is 0 Å². The smallest absolute Gasteiger partial charge is 0.263 e. The summed E-state index contributed by atoms with van der Waals surface area (Å²) in [5, 5.41) is 3.05. The number of hydrogen-bond acceptors (Lipinski definition) is 4. The van der Waals surface area contributed by atoms with E-state index in [1.54, 1.807) is 24.3 Å². The van der Waals surface area contributed by atoms with Gasteiger partial charge in [0.1, 0.15) is 5.75 Å². The number of rotatable bonds is 6. The quantitative estimate of drug-likeness (QED) is 0.806. The summed E-state index contributed by atoms with van der Waals surface area (Å²) < 4.78 is 31.6. The number of sulfonamides is 1. The van der Waals surface area contributed by atoms with Crippen molar-refractivity contribution in [2.24, 2.45) is 5.92 Å². The van der Waals surface area contributed by atoms with E-state index in [1.807, 2.05) is 30.3 Å². The number of nitrogens with zero attached hydrogens (tertiary/aromatic N) is 1. The molecule has 0 aliphatic carbocycles. The highest BCUT2D eigenvalue weighted by molar-refractivity contribution is 7.92. The number of ether oxygens (including phenoxy) is 1. The molecule has 150 valence electrons. The van der Waals surface area contributed by atoms with Crippen molar-refractivity contribution in [2.75, 3.05) is 17.1 Å². The van der Waals surface area contributed by atoms with Crippen LogP contribution < -0.4 is 14.4 Å². The summed E-state index contributed by atoms with van der Waals surface area (Å²) in [6.07, 6.45) is 0.993. The molecule has 1 aliphatic rings. The zero-order valence-electron chi connectivity index (χ0n) is 16.3. The third-order valence-corrected chi connectivity index (χ3v) is 5.80. The zero-order valence-corrected chi connectivity index (χ0v) is 17.1. The summed E-state index contributed by atoms with van der Waals surface area (Å²) in [5.41, 5.74) is 1.47. The normalized spacial score (nSPS) is 17.6. The van der Waals surface area contributed by atoms with Crippen LogP contribution in [0.3, 0.4) is 0 Å². The number of amides is 1. The van der Waals surface area contributed by atoms with Gasteiger partial charge in [0, 0.05) is 0 Å². The Kier molecular flexibility index (Phi) is 5.93. The average molecular weight is 403 g/mol. The molecule has 0 unspecified atom stereocenters. The van der Waals surface area contributed by atoms with Crippen molar-refractivity contribution < 1.29 is 17.9 Å². The Bertz CT molecular complexity index is 928. The molecule has 0 saturated heterocycles. The number of carbonyl (C=O) groups excluding carboxylic acids is 1. The Morgan fingerprint density at radius 3 is 2.43 bits per heavy atom. The van der Waals surface area contributed by atoms with Crippen LogP contribution in [0.5, 0.6) is 5.75 Å². The van der Waals surface area contributed by atoms with Crippen LogP contribution in [0.4, 0.5) is 5.69 Å². The maximum absolute atomic E-state index is 13.0. The Labute approximate surface area is 166 Å². The third-order valence-electron chi connectivity index (χ3n) is 4.65. The second-order valence-electron chi connectivity index (χ2n) is 7.47. The fourth-order valence-electron chi connectivity index (χ4n) is 3.35. The molecule has 2 atom stereocenters. The lowest BCUT2D eigenvalue weighted by atomic mass is 9.96. The first-order valence-electron chi connectivity index (χ1n) is 9.34. The first-order chi connectivity index (χ1) is 13.3. The van der Waals surface area contributed by atoms with E-state index in [1.165, 1.54) is 4.31 Å². The summed E-state index contributed by atoms with van der Waals surface area (Å²) >= 11 is 0. The summed E-state index contributed by atoms with van der Waals surface area (Å²) in [4.78, 5) is 13.0. The predicted molar refractivity (Wildman–Crippen MR) is 110 cm³/mol. The second kappa shape index (κ2) is 8.22. The summed E-state index contributed by atoms with van der Waals surface area (Å²) in [5.74, 6) is 0.447. The minimum atomic E-state index is -3.53. The lowest BCUT2D eigenvalue weighted by molar-refractivity contribution is -0.128. The van der Waals surface area contributed by atoms with Gasteiger partial charge in [-0.2, -0.15) is 0 Å². The van der Waals surface area contributed by atoms with E-state index in [9.17, 15) is 13.2 Å². The maximum atomic E-state index is 13.0. The molecule has 2 aromatic carbocycles. The topological polar surface area (TPSA) is 75.7 Å². The van der Waals surface area contributed by atoms with Gasteiger partial charge in [-0.15, -0.1) is 0 Å². The number of carbonyl (C=O) groups is 1. The summed E-state index contributed by atoms with van der Waals surface area (Å²) in [6.45, 7) is 4.15. The Morgan fingerprint density at radius 1 is 1.14 bits per heavy atom.